The van der Waals surface area contributed by atoms with E-state index in [1.165, 1.54) is 34.5 Å². The van der Waals surface area contributed by atoms with Crippen LogP contribution >= 0.6 is 0 Å². The molecule has 182 valence electrons. The summed E-state index contributed by atoms with van der Waals surface area (Å²) in [5, 5.41) is 0. The van der Waals surface area contributed by atoms with Crippen molar-refractivity contribution in [3.8, 4) is 0 Å². The number of rotatable bonds is 6. The van der Waals surface area contributed by atoms with E-state index in [9.17, 15) is 24.0 Å². The van der Waals surface area contributed by atoms with Gasteiger partial charge in [-0.25, -0.2) is 14.6 Å². The molecule has 2 aromatic heterocycles. The second kappa shape index (κ2) is 8.77. The summed E-state index contributed by atoms with van der Waals surface area (Å²) in [5.41, 5.74) is 1.29. The van der Waals surface area contributed by atoms with Gasteiger partial charge in [-0.05, 0) is 29.8 Å². The number of imidazole rings is 1. The highest BCUT2D eigenvalue weighted by atomic mass is 16.5. The van der Waals surface area contributed by atoms with Crippen molar-refractivity contribution in [1.29, 1.82) is 0 Å². The molecule has 0 radical (unpaired) electrons. The van der Waals surface area contributed by atoms with Gasteiger partial charge in [0.15, 0.2) is 11.2 Å². The fraction of sp³-hybridized carbons (Fsp3) is 0.200. The zero-order chi connectivity index (χ0) is 25.6. The third-order valence-electron chi connectivity index (χ3n) is 6.19. The second-order valence-corrected chi connectivity index (χ2v) is 8.39. The van der Waals surface area contributed by atoms with Gasteiger partial charge in [-0.15, -0.1) is 0 Å². The van der Waals surface area contributed by atoms with E-state index < -0.39 is 17.2 Å². The summed E-state index contributed by atoms with van der Waals surface area (Å²) >= 11 is 0. The van der Waals surface area contributed by atoms with Crippen molar-refractivity contribution in [2.24, 2.45) is 14.1 Å². The Morgan fingerprint density at radius 2 is 1.53 bits per heavy atom. The average Bonchev–Trinajstić information content (AvgIpc) is 3.42. The van der Waals surface area contributed by atoms with E-state index in [1.807, 2.05) is 0 Å². The third-order valence-corrected chi connectivity index (χ3v) is 6.19. The molecular weight excluding hydrogens is 466 g/mol. The Bertz CT molecular complexity index is 1630. The smallest absolute Gasteiger partial charge is 0.338 e. The maximum absolute atomic E-state index is 12.5. The molecule has 5 rings (SSSR count). The first kappa shape index (κ1) is 23.0. The van der Waals surface area contributed by atoms with E-state index in [4.69, 9.17) is 4.74 Å². The highest BCUT2D eigenvalue weighted by molar-refractivity contribution is 6.21. The zero-order valence-electron chi connectivity index (χ0n) is 19.5. The molecule has 3 heterocycles. The lowest BCUT2D eigenvalue weighted by molar-refractivity contribution is 0.0491. The number of aromatic nitrogens is 4. The summed E-state index contributed by atoms with van der Waals surface area (Å²) in [4.78, 5) is 67.4. The molecule has 0 bridgehead atoms. The number of ether oxygens (including phenoxy) is 1. The lowest BCUT2D eigenvalue weighted by Crippen LogP contribution is -2.37. The van der Waals surface area contributed by atoms with Crippen LogP contribution in [-0.4, -0.2) is 48.0 Å². The summed E-state index contributed by atoms with van der Waals surface area (Å²) in [6.45, 7) is 0.243. The first-order chi connectivity index (χ1) is 17.3. The van der Waals surface area contributed by atoms with Gasteiger partial charge >= 0.3 is 11.7 Å². The number of hydrogen-bond donors (Lipinski definition) is 0. The van der Waals surface area contributed by atoms with Crippen LogP contribution in [0.2, 0.25) is 0 Å². The van der Waals surface area contributed by atoms with Crippen LogP contribution in [0.15, 0.2) is 64.4 Å². The molecule has 2 aromatic carbocycles. The van der Waals surface area contributed by atoms with Gasteiger partial charge in [0, 0.05) is 14.1 Å². The van der Waals surface area contributed by atoms with Crippen LogP contribution in [0.4, 0.5) is 0 Å². The summed E-state index contributed by atoms with van der Waals surface area (Å²) < 4.78 is 9.15. The van der Waals surface area contributed by atoms with E-state index in [-0.39, 0.29) is 42.7 Å². The molecule has 0 saturated carbocycles. The summed E-state index contributed by atoms with van der Waals surface area (Å²) in [5.74, 6) is -1.26. The van der Waals surface area contributed by atoms with Crippen molar-refractivity contribution in [2.75, 3.05) is 6.61 Å². The van der Waals surface area contributed by atoms with Crippen molar-refractivity contribution >= 4 is 28.9 Å². The third kappa shape index (κ3) is 3.70. The Balaban J connectivity index is 1.22. The van der Waals surface area contributed by atoms with Gasteiger partial charge in [-0.2, -0.15) is 0 Å². The van der Waals surface area contributed by atoms with Crippen LogP contribution in [0, 0.1) is 0 Å². The minimum Gasteiger partial charge on any atom is -0.460 e. The van der Waals surface area contributed by atoms with Gasteiger partial charge in [-0.3, -0.25) is 28.4 Å². The van der Waals surface area contributed by atoms with E-state index in [0.29, 0.717) is 22.3 Å². The number of hydrogen-bond acceptors (Lipinski definition) is 7. The zero-order valence-corrected chi connectivity index (χ0v) is 19.5. The van der Waals surface area contributed by atoms with Gasteiger partial charge in [-0.1, -0.05) is 24.3 Å². The highest BCUT2D eigenvalue weighted by Gasteiger charge is 2.34. The molecule has 11 nitrogen and oxygen atoms in total. The lowest BCUT2D eigenvalue weighted by atomic mass is 10.1. The quantitative estimate of drug-likeness (QED) is 0.294. The van der Waals surface area contributed by atoms with E-state index in [2.05, 4.69) is 4.98 Å². The Morgan fingerprint density at radius 3 is 2.17 bits per heavy atom. The maximum Gasteiger partial charge on any atom is 0.338 e. The Morgan fingerprint density at radius 1 is 0.889 bits per heavy atom. The van der Waals surface area contributed by atoms with Gasteiger partial charge in [0.1, 0.15) is 6.61 Å². The standard InChI is InChI=1S/C25H21N5O6/c1-27-20-19(23(33)28(2)25(27)35)29(14-26-20)11-12-36-24(34)16-9-7-15(8-10-16)13-30-21(31)17-5-3-4-6-18(17)22(30)32/h3-10,14H,11-13H2,1-2H3. The summed E-state index contributed by atoms with van der Waals surface area (Å²) in [7, 11) is 2.92. The van der Waals surface area contributed by atoms with Gasteiger partial charge < -0.3 is 9.30 Å². The molecule has 0 unspecified atom stereocenters. The number of fused-ring (bicyclic) bond motifs is 2. The predicted octanol–water partition coefficient (Wildman–Crippen LogP) is 1.09. The molecular formula is C25H21N5O6. The molecule has 1 aliphatic rings. The van der Waals surface area contributed by atoms with Crippen LogP contribution in [0.1, 0.15) is 36.6 Å². The van der Waals surface area contributed by atoms with Crippen molar-refractivity contribution in [3.63, 3.8) is 0 Å². The fourth-order valence-electron chi connectivity index (χ4n) is 4.20. The highest BCUT2D eigenvalue weighted by Crippen LogP contribution is 2.24. The Kier molecular flexibility index (Phi) is 5.59. The SMILES string of the molecule is Cn1c(=O)c2c(ncn2CCOC(=O)c2ccc(CN3C(=O)c4ccccc4C3=O)cc2)n(C)c1=O. The van der Waals surface area contributed by atoms with Gasteiger partial charge in [0.05, 0.1) is 36.1 Å². The van der Waals surface area contributed by atoms with Crippen molar-refractivity contribution in [1.82, 2.24) is 23.6 Å². The van der Waals surface area contributed by atoms with Crippen LogP contribution in [0.25, 0.3) is 11.2 Å². The van der Waals surface area contributed by atoms with E-state index in [0.717, 1.165) is 4.57 Å². The van der Waals surface area contributed by atoms with Crippen molar-refractivity contribution in [3.05, 3.63) is 98.0 Å². The molecule has 0 fully saturated rings. The molecule has 0 saturated heterocycles. The molecule has 0 N–H and O–H groups in total. The minimum atomic E-state index is -0.563. The van der Waals surface area contributed by atoms with Crippen molar-refractivity contribution in [2.45, 2.75) is 13.1 Å². The number of nitrogens with zero attached hydrogens (tertiary/aromatic N) is 5. The van der Waals surface area contributed by atoms with Crippen LogP contribution in [0.5, 0.6) is 0 Å². The number of aryl methyl sites for hydroxylation is 1. The fourth-order valence-corrected chi connectivity index (χ4v) is 4.20. The Labute approximate surface area is 203 Å². The molecule has 2 amide bonds. The number of imide groups is 1. The molecule has 0 atom stereocenters. The summed E-state index contributed by atoms with van der Waals surface area (Å²) in [6, 6.07) is 13.1. The van der Waals surface area contributed by atoms with E-state index >= 15 is 0 Å². The monoisotopic (exact) mass is 487 g/mol. The van der Waals surface area contributed by atoms with Crippen LogP contribution in [-0.2, 0) is 31.9 Å². The van der Waals surface area contributed by atoms with Gasteiger partial charge in [0.25, 0.3) is 17.4 Å². The summed E-state index contributed by atoms with van der Waals surface area (Å²) in [6.07, 6.45) is 1.42. The number of carbonyl (C=O) groups is 3. The van der Waals surface area contributed by atoms with Gasteiger partial charge in [0.2, 0.25) is 0 Å². The van der Waals surface area contributed by atoms with Crippen LogP contribution < -0.4 is 11.2 Å². The Hall–Kier alpha value is -4.80. The second-order valence-electron chi connectivity index (χ2n) is 8.39. The largest absolute Gasteiger partial charge is 0.460 e. The number of benzene rings is 2. The molecule has 0 spiro atoms. The minimum absolute atomic E-state index is 0.0208. The van der Waals surface area contributed by atoms with E-state index in [1.54, 1.807) is 48.5 Å². The number of amides is 2. The molecule has 1 aliphatic heterocycles. The first-order valence-corrected chi connectivity index (χ1v) is 11.1. The number of esters is 1. The van der Waals surface area contributed by atoms with Crippen LogP contribution in [0.3, 0.4) is 0 Å². The predicted molar refractivity (Wildman–Crippen MR) is 128 cm³/mol. The molecule has 4 aromatic rings. The number of carbonyl (C=O) groups excluding carboxylic acids is 3. The average molecular weight is 487 g/mol. The molecule has 36 heavy (non-hydrogen) atoms. The topological polar surface area (TPSA) is 126 Å². The van der Waals surface area contributed by atoms with Crippen molar-refractivity contribution < 1.29 is 19.1 Å². The molecule has 11 heteroatoms. The molecule has 0 aliphatic carbocycles. The lowest BCUT2D eigenvalue weighted by Gasteiger charge is -2.14. The normalized spacial score (nSPS) is 12.9. The first-order valence-electron chi connectivity index (χ1n) is 11.1. The maximum atomic E-state index is 12.5.